The summed E-state index contributed by atoms with van der Waals surface area (Å²) in [4.78, 5) is 15.7. The van der Waals surface area contributed by atoms with Crippen molar-refractivity contribution in [2.24, 2.45) is 0 Å². The van der Waals surface area contributed by atoms with Crippen molar-refractivity contribution in [1.82, 2.24) is 10.3 Å². The third-order valence-corrected chi connectivity index (χ3v) is 3.47. The highest BCUT2D eigenvalue weighted by Gasteiger charge is 2.14. The molecular weight excluding hydrogens is 250 g/mol. The highest BCUT2D eigenvalue weighted by molar-refractivity contribution is 6.32. The maximum Gasteiger partial charge on any atom is 0.224 e. The highest BCUT2D eigenvalue weighted by Crippen LogP contribution is 2.18. The number of hydrogen-bond acceptors (Lipinski definition) is 3. The molecule has 0 aliphatic carbocycles. The Labute approximate surface area is 112 Å². The Balaban J connectivity index is 1.76. The predicted molar refractivity (Wildman–Crippen MR) is 72.8 cm³/mol. The van der Waals surface area contributed by atoms with E-state index in [1.54, 1.807) is 18.3 Å². The largest absolute Gasteiger partial charge is 0.323 e. The number of nitrogens with one attached hydrogen (secondary N) is 2. The summed E-state index contributed by atoms with van der Waals surface area (Å²) in [5, 5.41) is 6.55. The van der Waals surface area contributed by atoms with Crippen LogP contribution in [0.15, 0.2) is 18.3 Å². The molecule has 98 valence electrons. The lowest BCUT2D eigenvalue weighted by molar-refractivity contribution is -0.116. The molecule has 1 aromatic rings. The van der Waals surface area contributed by atoms with Crippen molar-refractivity contribution in [2.45, 2.75) is 38.1 Å². The molecular formula is C13H18ClN3O. The number of aromatic nitrogens is 1. The minimum Gasteiger partial charge on any atom is -0.323 e. The van der Waals surface area contributed by atoms with E-state index in [1.165, 1.54) is 19.3 Å². The van der Waals surface area contributed by atoms with Gasteiger partial charge in [-0.25, -0.2) is 4.98 Å². The first-order valence-corrected chi connectivity index (χ1v) is 6.77. The van der Waals surface area contributed by atoms with E-state index in [1.807, 2.05) is 0 Å². The Bertz CT molecular complexity index is 405. The lowest BCUT2D eigenvalue weighted by Crippen LogP contribution is -2.34. The number of rotatable bonds is 4. The molecule has 1 aliphatic rings. The second-order valence-corrected chi connectivity index (χ2v) is 4.93. The lowest BCUT2D eigenvalue weighted by atomic mass is 10.0. The van der Waals surface area contributed by atoms with Crippen molar-refractivity contribution in [3.8, 4) is 0 Å². The van der Waals surface area contributed by atoms with E-state index in [0.717, 1.165) is 13.0 Å². The summed E-state index contributed by atoms with van der Waals surface area (Å²) in [5.41, 5.74) is 0.584. The summed E-state index contributed by atoms with van der Waals surface area (Å²) in [6.45, 7) is 1.07. The number of hydrogen-bond donors (Lipinski definition) is 2. The smallest absolute Gasteiger partial charge is 0.224 e. The summed E-state index contributed by atoms with van der Waals surface area (Å²) in [6.07, 6.45) is 6.67. The van der Waals surface area contributed by atoms with E-state index in [2.05, 4.69) is 15.6 Å². The molecule has 4 nitrogen and oxygen atoms in total. The van der Waals surface area contributed by atoms with E-state index in [0.29, 0.717) is 23.3 Å². The Morgan fingerprint density at radius 1 is 1.56 bits per heavy atom. The van der Waals surface area contributed by atoms with Crippen LogP contribution in [0, 0.1) is 0 Å². The molecule has 1 atom stereocenters. The van der Waals surface area contributed by atoms with Crippen LogP contribution in [0.4, 0.5) is 5.69 Å². The monoisotopic (exact) mass is 267 g/mol. The maximum atomic E-state index is 11.8. The van der Waals surface area contributed by atoms with Gasteiger partial charge in [-0.3, -0.25) is 4.79 Å². The van der Waals surface area contributed by atoms with Crippen molar-refractivity contribution >= 4 is 23.2 Å². The maximum absolute atomic E-state index is 11.8. The minimum atomic E-state index is -0.00252. The fourth-order valence-electron chi connectivity index (χ4n) is 2.17. The molecule has 1 aromatic heterocycles. The van der Waals surface area contributed by atoms with Gasteiger partial charge < -0.3 is 10.6 Å². The van der Waals surface area contributed by atoms with Gasteiger partial charge in [0.2, 0.25) is 5.91 Å². The third kappa shape index (κ3) is 3.96. The molecule has 2 heterocycles. The number of carbonyl (C=O) groups is 1. The van der Waals surface area contributed by atoms with E-state index >= 15 is 0 Å². The van der Waals surface area contributed by atoms with Gasteiger partial charge >= 0.3 is 0 Å². The van der Waals surface area contributed by atoms with Crippen molar-refractivity contribution in [3.05, 3.63) is 23.5 Å². The predicted octanol–water partition coefficient (Wildman–Crippen LogP) is 2.60. The third-order valence-electron chi connectivity index (χ3n) is 3.17. The van der Waals surface area contributed by atoms with E-state index < -0.39 is 0 Å². The van der Waals surface area contributed by atoms with Gasteiger partial charge in [-0.15, -0.1) is 0 Å². The molecule has 0 radical (unpaired) electrons. The summed E-state index contributed by atoms with van der Waals surface area (Å²) in [6, 6.07) is 3.99. The zero-order chi connectivity index (χ0) is 12.8. The fraction of sp³-hybridized carbons (Fsp3) is 0.538. The van der Waals surface area contributed by atoms with Gasteiger partial charge in [0.05, 0.1) is 5.69 Å². The summed E-state index contributed by atoms with van der Waals surface area (Å²) in [5.74, 6) is -0.00252. The second-order valence-electron chi connectivity index (χ2n) is 4.58. The molecule has 0 bridgehead atoms. The first-order chi connectivity index (χ1) is 8.75. The van der Waals surface area contributed by atoms with Gasteiger partial charge in [-0.05, 0) is 37.9 Å². The van der Waals surface area contributed by atoms with Crippen LogP contribution < -0.4 is 10.6 Å². The van der Waals surface area contributed by atoms with Crippen LogP contribution in [0.5, 0.6) is 0 Å². The second kappa shape index (κ2) is 6.71. The van der Waals surface area contributed by atoms with Crippen molar-refractivity contribution in [1.29, 1.82) is 0 Å². The van der Waals surface area contributed by atoms with Crippen LogP contribution in [-0.4, -0.2) is 23.5 Å². The van der Waals surface area contributed by atoms with Gasteiger partial charge in [-0.2, -0.15) is 0 Å². The first-order valence-electron chi connectivity index (χ1n) is 6.39. The van der Waals surface area contributed by atoms with Crippen LogP contribution in [0.25, 0.3) is 0 Å². The Kier molecular flexibility index (Phi) is 4.96. The molecule has 2 rings (SSSR count). The van der Waals surface area contributed by atoms with Crippen LogP contribution in [0.3, 0.4) is 0 Å². The van der Waals surface area contributed by atoms with Crippen LogP contribution >= 0.6 is 11.6 Å². The molecule has 0 aromatic carbocycles. The van der Waals surface area contributed by atoms with E-state index in [4.69, 9.17) is 11.6 Å². The van der Waals surface area contributed by atoms with Gasteiger partial charge in [0.15, 0.2) is 5.15 Å². The Morgan fingerprint density at radius 2 is 2.44 bits per heavy atom. The zero-order valence-corrected chi connectivity index (χ0v) is 11.0. The van der Waals surface area contributed by atoms with Gasteiger partial charge in [0, 0.05) is 18.7 Å². The topological polar surface area (TPSA) is 54.0 Å². The number of pyridine rings is 1. The quantitative estimate of drug-likeness (QED) is 0.825. The Morgan fingerprint density at radius 3 is 3.17 bits per heavy atom. The SMILES string of the molecule is O=C(CCC1CCCCN1)Nc1cccnc1Cl. The van der Waals surface area contributed by atoms with Crippen LogP contribution in [0.1, 0.15) is 32.1 Å². The minimum absolute atomic E-state index is 0.00252. The van der Waals surface area contributed by atoms with Gasteiger partial charge in [-0.1, -0.05) is 18.0 Å². The molecule has 18 heavy (non-hydrogen) atoms. The summed E-state index contributed by atoms with van der Waals surface area (Å²) >= 11 is 5.88. The van der Waals surface area contributed by atoms with Gasteiger partial charge in [0.1, 0.15) is 0 Å². The molecule has 2 N–H and O–H groups in total. The van der Waals surface area contributed by atoms with Crippen LogP contribution in [0.2, 0.25) is 5.15 Å². The fourth-order valence-corrected chi connectivity index (χ4v) is 2.33. The van der Waals surface area contributed by atoms with E-state index in [-0.39, 0.29) is 5.91 Å². The standard InChI is InChI=1S/C13H18ClN3O/c14-13-11(5-3-9-16-13)17-12(18)7-6-10-4-1-2-8-15-10/h3,5,9-10,15H,1-2,4,6-8H2,(H,17,18). The molecule has 1 aliphatic heterocycles. The average molecular weight is 268 g/mol. The number of piperidine rings is 1. The molecule has 1 saturated heterocycles. The normalized spacial score (nSPS) is 19.5. The van der Waals surface area contributed by atoms with Crippen molar-refractivity contribution in [3.63, 3.8) is 0 Å². The molecule has 1 fully saturated rings. The highest BCUT2D eigenvalue weighted by atomic mass is 35.5. The number of halogens is 1. The van der Waals surface area contributed by atoms with E-state index in [9.17, 15) is 4.79 Å². The first kappa shape index (κ1) is 13.3. The number of amides is 1. The number of anilines is 1. The van der Waals surface area contributed by atoms with Crippen molar-refractivity contribution < 1.29 is 4.79 Å². The Hall–Kier alpha value is -1.13. The average Bonchev–Trinajstić information content (AvgIpc) is 2.40. The lowest BCUT2D eigenvalue weighted by Gasteiger charge is -2.23. The summed E-state index contributed by atoms with van der Waals surface area (Å²) < 4.78 is 0. The molecule has 1 unspecified atom stereocenters. The zero-order valence-electron chi connectivity index (χ0n) is 10.3. The molecule has 0 saturated carbocycles. The number of nitrogens with zero attached hydrogens (tertiary/aromatic N) is 1. The molecule has 0 spiro atoms. The summed E-state index contributed by atoms with van der Waals surface area (Å²) in [7, 11) is 0. The van der Waals surface area contributed by atoms with Crippen LogP contribution in [-0.2, 0) is 4.79 Å². The molecule has 5 heteroatoms. The van der Waals surface area contributed by atoms with Gasteiger partial charge in [0.25, 0.3) is 0 Å². The molecule has 1 amide bonds. The van der Waals surface area contributed by atoms with Crippen molar-refractivity contribution in [2.75, 3.05) is 11.9 Å². The number of carbonyl (C=O) groups excluding carboxylic acids is 1.